The summed E-state index contributed by atoms with van der Waals surface area (Å²) in [4.78, 5) is 22.3. The smallest absolute Gasteiger partial charge is 0.339 e. The Kier molecular flexibility index (Phi) is 4.32. The number of alkyl halides is 3. The molecule has 0 heterocycles. The summed E-state index contributed by atoms with van der Waals surface area (Å²) < 4.78 is -2.16. The molecule has 0 aromatic heterocycles. The zero-order chi connectivity index (χ0) is 14.1. The molecule has 0 aliphatic rings. The number of amides is 1. The van der Waals surface area contributed by atoms with Crippen molar-refractivity contribution in [3.05, 3.63) is 23.3 Å². The van der Waals surface area contributed by atoms with Gasteiger partial charge in [-0.15, -0.1) is 0 Å². The number of nitrogens with one attached hydrogen (secondary N) is 1. The highest BCUT2D eigenvalue weighted by Crippen LogP contribution is 2.30. The third kappa shape index (κ3) is 3.41. The molecule has 0 unspecified atom stereocenters. The van der Waals surface area contributed by atoms with E-state index in [-0.39, 0.29) is 22.6 Å². The maximum atomic E-state index is 11.4. The van der Waals surface area contributed by atoms with Crippen molar-refractivity contribution in [2.24, 2.45) is 0 Å². The zero-order valence-corrected chi connectivity index (χ0v) is 11.3. The number of anilines is 1. The van der Waals surface area contributed by atoms with E-state index in [1.165, 1.54) is 13.0 Å². The first-order valence-corrected chi connectivity index (χ1v) is 5.71. The van der Waals surface area contributed by atoms with Gasteiger partial charge < -0.3 is 15.5 Å². The summed E-state index contributed by atoms with van der Waals surface area (Å²) in [6.45, 7) is 1.48. The van der Waals surface area contributed by atoms with Crippen LogP contribution in [0.5, 0.6) is 5.75 Å². The average molecular weight is 313 g/mol. The van der Waals surface area contributed by atoms with Gasteiger partial charge in [0.25, 0.3) is 9.70 Å². The summed E-state index contributed by atoms with van der Waals surface area (Å²) >= 11 is 16.1. The molecular weight excluding hydrogens is 304 g/mol. The predicted molar refractivity (Wildman–Crippen MR) is 68.7 cm³/mol. The van der Waals surface area contributed by atoms with Gasteiger partial charge in [0.2, 0.25) is 0 Å². The molecule has 5 nitrogen and oxygen atoms in total. The highest BCUT2D eigenvalue weighted by atomic mass is 35.6. The largest absolute Gasteiger partial charge is 0.507 e. The van der Waals surface area contributed by atoms with Crippen LogP contribution in [0.25, 0.3) is 0 Å². The van der Waals surface area contributed by atoms with E-state index in [1.807, 2.05) is 0 Å². The molecule has 1 aromatic carbocycles. The second kappa shape index (κ2) is 5.22. The van der Waals surface area contributed by atoms with Crippen LogP contribution in [-0.2, 0) is 4.79 Å². The highest BCUT2D eigenvalue weighted by molar-refractivity contribution is 6.76. The molecule has 8 heteroatoms. The number of aryl methyl sites for hydroxylation is 1. The number of aromatic hydroxyl groups is 1. The van der Waals surface area contributed by atoms with Crippen molar-refractivity contribution < 1.29 is 19.8 Å². The molecule has 0 saturated carbocycles. The molecule has 0 radical (unpaired) electrons. The Morgan fingerprint density at radius 2 is 1.83 bits per heavy atom. The van der Waals surface area contributed by atoms with Gasteiger partial charge in [0.1, 0.15) is 11.3 Å². The molecule has 0 spiro atoms. The quantitative estimate of drug-likeness (QED) is 0.579. The normalized spacial score (nSPS) is 11.1. The Hall–Kier alpha value is -1.17. The summed E-state index contributed by atoms with van der Waals surface area (Å²) in [7, 11) is 0. The fraction of sp³-hybridized carbons (Fsp3) is 0.200. The van der Waals surface area contributed by atoms with Gasteiger partial charge in [-0.1, -0.05) is 34.8 Å². The molecule has 0 atom stereocenters. The van der Waals surface area contributed by atoms with Crippen molar-refractivity contribution in [3.8, 4) is 5.75 Å². The maximum Gasteiger partial charge on any atom is 0.339 e. The van der Waals surface area contributed by atoms with Gasteiger partial charge in [-0.2, -0.15) is 0 Å². The van der Waals surface area contributed by atoms with Crippen molar-refractivity contribution in [2.75, 3.05) is 5.32 Å². The van der Waals surface area contributed by atoms with Crippen LogP contribution in [-0.4, -0.2) is 25.9 Å². The van der Waals surface area contributed by atoms with E-state index in [0.29, 0.717) is 0 Å². The number of phenols is 1. The number of carboxylic acids is 1. The van der Waals surface area contributed by atoms with E-state index in [4.69, 9.17) is 39.9 Å². The summed E-state index contributed by atoms with van der Waals surface area (Å²) in [5.41, 5.74) is 0.0307. The van der Waals surface area contributed by atoms with Crippen molar-refractivity contribution >= 4 is 52.4 Å². The molecule has 1 aromatic rings. The van der Waals surface area contributed by atoms with E-state index in [9.17, 15) is 14.7 Å². The molecule has 18 heavy (non-hydrogen) atoms. The molecular formula is C10H8Cl3NO4. The Labute approximate surface area is 117 Å². The third-order valence-electron chi connectivity index (χ3n) is 2.05. The number of carbonyl (C=O) groups excluding carboxylic acids is 1. The lowest BCUT2D eigenvalue weighted by Crippen LogP contribution is -2.27. The second-order valence-electron chi connectivity index (χ2n) is 3.45. The highest BCUT2D eigenvalue weighted by Gasteiger charge is 2.31. The second-order valence-corrected chi connectivity index (χ2v) is 5.73. The Morgan fingerprint density at radius 3 is 2.28 bits per heavy atom. The minimum Gasteiger partial charge on any atom is -0.507 e. The maximum absolute atomic E-state index is 11.4. The summed E-state index contributed by atoms with van der Waals surface area (Å²) in [5, 5.41) is 20.6. The van der Waals surface area contributed by atoms with E-state index in [2.05, 4.69) is 5.32 Å². The van der Waals surface area contributed by atoms with Gasteiger partial charge in [0.15, 0.2) is 0 Å². The average Bonchev–Trinajstić information content (AvgIpc) is 2.21. The van der Waals surface area contributed by atoms with E-state index in [0.717, 1.165) is 6.07 Å². The molecule has 1 amide bonds. The zero-order valence-electron chi connectivity index (χ0n) is 9.00. The van der Waals surface area contributed by atoms with Crippen LogP contribution in [0.4, 0.5) is 5.69 Å². The Morgan fingerprint density at radius 1 is 1.28 bits per heavy atom. The first-order chi connectivity index (χ1) is 8.12. The SMILES string of the molecule is Cc1cc(NC(=O)C(Cl)(Cl)Cl)cc(C(=O)O)c1O. The Bertz CT molecular complexity index is 511. The number of aromatic carboxylic acids is 1. The van der Waals surface area contributed by atoms with Gasteiger partial charge in [-0.25, -0.2) is 4.79 Å². The van der Waals surface area contributed by atoms with Gasteiger partial charge in [-0.3, -0.25) is 4.79 Å². The minimum atomic E-state index is -2.16. The van der Waals surface area contributed by atoms with E-state index in [1.54, 1.807) is 0 Å². The molecule has 0 aliphatic heterocycles. The van der Waals surface area contributed by atoms with Gasteiger partial charge >= 0.3 is 5.97 Å². The van der Waals surface area contributed by atoms with Crippen molar-refractivity contribution in [1.82, 2.24) is 0 Å². The topological polar surface area (TPSA) is 86.6 Å². The molecule has 0 saturated heterocycles. The number of rotatable bonds is 2. The molecule has 0 aliphatic carbocycles. The lowest BCUT2D eigenvalue weighted by Gasteiger charge is -2.13. The van der Waals surface area contributed by atoms with Crippen LogP contribution in [0, 0.1) is 6.92 Å². The van der Waals surface area contributed by atoms with Crippen LogP contribution < -0.4 is 5.32 Å². The summed E-state index contributed by atoms with van der Waals surface area (Å²) in [6, 6.07) is 2.43. The van der Waals surface area contributed by atoms with Crippen LogP contribution in [0.3, 0.4) is 0 Å². The summed E-state index contributed by atoms with van der Waals surface area (Å²) in [6.07, 6.45) is 0. The number of hydrogen-bond acceptors (Lipinski definition) is 3. The van der Waals surface area contributed by atoms with E-state index >= 15 is 0 Å². The van der Waals surface area contributed by atoms with Crippen LogP contribution >= 0.6 is 34.8 Å². The molecule has 0 fully saturated rings. The predicted octanol–water partition coefficient (Wildman–Crippen LogP) is 2.71. The van der Waals surface area contributed by atoms with Crippen molar-refractivity contribution in [3.63, 3.8) is 0 Å². The Balaban J connectivity index is 3.13. The van der Waals surface area contributed by atoms with Gasteiger partial charge in [0.05, 0.1) is 0 Å². The molecule has 1 rings (SSSR count). The van der Waals surface area contributed by atoms with Gasteiger partial charge in [0, 0.05) is 5.69 Å². The minimum absolute atomic E-state index is 0.110. The van der Waals surface area contributed by atoms with Crippen LogP contribution in [0.15, 0.2) is 12.1 Å². The van der Waals surface area contributed by atoms with E-state index < -0.39 is 15.7 Å². The fourth-order valence-electron chi connectivity index (χ4n) is 1.22. The van der Waals surface area contributed by atoms with Crippen molar-refractivity contribution in [2.45, 2.75) is 10.7 Å². The third-order valence-corrected chi connectivity index (χ3v) is 2.56. The molecule has 98 valence electrons. The van der Waals surface area contributed by atoms with Crippen LogP contribution in [0.1, 0.15) is 15.9 Å². The van der Waals surface area contributed by atoms with Crippen LogP contribution in [0.2, 0.25) is 0 Å². The number of hydrogen-bond donors (Lipinski definition) is 3. The fourth-order valence-corrected chi connectivity index (χ4v) is 1.36. The number of carbonyl (C=O) groups is 2. The molecule has 3 N–H and O–H groups in total. The van der Waals surface area contributed by atoms with Crippen molar-refractivity contribution in [1.29, 1.82) is 0 Å². The lowest BCUT2D eigenvalue weighted by atomic mass is 10.1. The van der Waals surface area contributed by atoms with Gasteiger partial charge in [-0.05, 0) is 24.6 Å². The number of halogens is 3. The first-order valence-electron chi connectivity index (χ1n) is 4.58. The first kappa shape index (κ1) is 14.9. The summed E-state index contributed by atoms with van der Waals surface area (Å²) in [5.74, 6) is -2.64. The monoisotopic (exact) mass is 311 g/mol. The standard InChI is InChI=1S/C10H8Cl3NO4/c1-4-2-5(14-9(18)10(11,12)13)3-6(7(4)15)8(16)17/h2-3,15H,1H3,(H,14,18)(H,16,17). The number of carboxylic acid groups (broad SMARTS) is 1. The lowest BCUT2D eigenvalue weighted by molar-refractivity contribution is -0.115. The molecule has 0 bridgehead atoms. The number of benzene rings is 1.